The van der Waals surface area contributed by atoms with E-state index in [-0.39, 0.29) is 0 Å². The molecule has 0 N–H and O–H groups in total. The minimum atomic E-state index is 0.648. The van der Waals surface area contributed by atoms with E-state index in [1.165, 1.54) is 24.1 Å². The summed E-state index contributed by atoms with van der Waals surface area (Å²) in [5, 5.41) is 0. The normalized spacial score (nSPS) is 26.0. The second-order valence-electron chi connectivity index (χ2n) is 7.40. The lowest BCUT2D eigenvalue weighted by atomic mass is 10.0. The summed E-state index contributed by atoms with van der Waals surface area (Å²) in [6.07, 6.45) is 9.79. The first-order valence-corrected chi connectivity index (χ1v) is 8.87. The molecule has 2 atom stereocenters. The van der Waals surface area contributed by atoms with E-state index in [1.54, 1.807) is 6.33 Å². The van der Waals surface area contributed by atoms with E-state index in [0.29, 0.717) is 17.8 Å². The number of nitrogens with zero attached hydrogens (tertiary/aromatic N) is 6. The smallest absolute Gasteiger partial charge is 0.150 e. The lowest BCUT2D eigenvalue weighted by Gasteiger charge is -2.24. The highest BCUT2D eigenvalue weighted by Crippen LogP contribution is 2.44. The van der Waals surface area contributed by atoms with Crippen LogP contribution in [0.2, 0.25) is 0 Å². The largest absolute Gasteiger partial charge is 0.356 e. The minimum absolute atomic E-state index is 0.648. The zero-order valence-electron chi connectivity index (χ0n) is 14.0. The summed E-state index contributed by atoms with van der Waals surface area (Å²) in [5.74, 6) is 4.26. The van der Waals surface area contributed by atoms with Gasteiger partial charge in [-0.2, -0.15) is 0 Å². The Labute approximate surface area is 142 Å². The molecule has 0 radical (unpaired) electrons. The van der Waals surface area contributed by atoms with Gasteiger partial charge in [0.15, 0.2) is 5.82 Å². The molecule has 124 valence electrons. The first-order valence-electron chi connectivity index (χ1n) is 8.87. The van der Waals surface area contributed by atoms with Gasteiger partial charge in [0.05, 0.1) is 5.69 Å². The number of anilines is 2. The predicted molar refractivity (Wildman–Crippen MR) is 92.2 cm³/mol. The van der Waals surface area contributed by atoms with Crippen molar-refractivity contribution in [2.45, 2.75) is 25.7 Å². The average molecular weight is 322 g/mol. The molecule has 1 saturated carbocycles. The van der Waals surface area contributed by atoms with Crippen molar-refractivity contribution >= 4 is 11.6 Å². The van der Waals surface area contributed by atoms with Crippen molar-refractivity contribution in [1.29, 1.82) is 0 Å². The maximum Gasteiger partial charge on any atom is 0.150 e. The lowest BCUT2D eigenvalue weighted by Crippen LogP contribution is -2.30. The number of hydrogen-bond donors (Lipinski definition) is 0. The van der Waals surface area contributed by atoms with Crippen molar-refractivity contribution in [1.82, 2.24) is 19.9 Å². The molecule has 5 rings (SSSR count). The van der Waals surface area contributed by atoms with E-state index in [4.69, 9.17) is 0 Å². The molecule has 2 aliphatic heterocycles. The van der Waals surface area contributed by atoms with Gasteiger partial charge >= 0.3 is 0 Å². The third kappa shape index (κ3) is 2.32. The van der Waals surface area contributed by atoms with Crippen LogP contribution >= 0.6 is 0 Å². The molecule has 0 bridgehead atoms. The molecule has 2 saturated heterocycles. The number of hydrogen-bond acceptors (Lipinski definition) is 6. The molecule has 0 aromatic carbocycles. The van der Waals surface area contributed by atoms with Crippen molar-refractivity contribution < 1.29 is 0 Å². The number of fused-ring (bicyclic) bond motifs is 1. The third-order valence-electron chi connectivity index (χ3n) is 5.62. The molecule has 6 heteroatoms. The van der Waals surface area contributed by atoms with Crippen LogP contribution in [0.5, 0.6) is 0 Å². The SMILES string of the molecule is Cc1cncnc1N1CC2CN(c3nccnc3C3CC3)CC2C1. The fraction of sp³-hybridized carbons (Fsp3) is 0.556. The summed E-state index contributed by atoms with van der Waals surface area (Å²) in [6, 6.07) is 0. The van der Waals surface area contributed by atoms with Gasteiger partial charge in [0, 0.05) is 68.1 Å². The molecule has 3 fully saturated rings. The van der Waals surface area contributed by atoms with Crippen LogP contribution in [-0.2, 0) is 0 Å². The molecule has 3 aliphatic rings. The van der Waals surface area contributed by atoms with Crippen molar-refractivity contribution in [3.63, 3.8) is 0 Å². The van der Waals surface area contributed by atoms with E-state index in [1.807, 2.05) is 18.6 Å². The van der Waals surface area contributed by atoms with Crippen LogP contribution in [0, 0.1) is 18.8 Å². The monoisotopic (exact) mass is 322 g/mol. The summed E-state index contributed by atoms with van der Waals surface area (Å²) >= 11 is 0. The Morgan fingerprint density at radius 1 is 0.875 bits per heavy atom. The zero-order valence-corrected chi connectivity index (χ0v) is 14.0. The zero-order chi connectivity index (χ0) is 16.1. The van der Waals surface area contributed by atoms with Crippen LogP contribution in [0.3, 0.4) is 0 Å². The third-order valence-corrected chi connectivity index (χ3v) is 5.62. The quantitative estimate of drug-likeness (QED) is 0.862. The highest BCUT2D eigenvalue weighted by atomic mass is 15.3. The second-order valence-corrected chi connectivity index (χ2v) is 7.40. The predicted octanol–water partition coefficient (Wildman–Crippen LogP) is 2.03. The molecule has 2 aromatic rings. The molecule has 0 spiro atoms. The average Bonchev–Trinajstić information content (AvgIpc) is 3.26. The van der Waals surface area contributed by atoms with Gasteiger partial charge in [-0.05, 0) is 19.8 Å². The molecule has 2 aromatic heterocycles. The number of aromatic nitrogens is 4. The first-order chi connectivity index (χ1) is 11.8. The Morgan fingerprint density at radius 3 is 2.21 bits per heavy atom. The van der Waals surface area contributed by atoms with E-state index in [2.05, 4.69) is 36.7 Å². The molecule has 24 heavy (non-hydrogen) atoms. The first kappa shape index (κ1) is 14.1. The molecule has 4 heterocycles. The van der Waals surface area contributed by atoms with Crippen molar-refractivity contribution in [2.24, 2.45) is 11.8 Å². The maximum atomic E-state index is 4.67. The van der Waals surface area contributed by atoms with Gasteiger partial charge in [-0.1, -0.05) is 0 Å². The topological polar surface area (TPSA) is 58.0 Å². The highest BCUT2D eigenvalue weighted by molar-refractivity contribution is 5.50. The molecular formula is C18H22N6. The van der Waals surface area contributed by atoms with Gasteiger partial charge in [-0.15, -0.1) is 0 Å². The van der Waals surface area contributed by atoms with Crippen LogP contribution in [-0.4, -0.2) is 46.1 Å². The van der Waals surface area contributed by atoms with E-state index < -0.39 is 0 Å². The Bertz CT molecular complexity index is 745. The minimum Gasteiger partial charge on any atom is -0.356 e. The van der Waals surface area contributed by atoms with Crippen molar-refractivity contribution in [2.75, 3.05) is 36.0 Å². The highest BCUT2D eigenvalue weighted by Gasteiger charge is 2.42. The van der Waals surface area contributed by atoms with E-state index in [9.17, 15) is 0 Å². The van der Waals surface area contributed by atoms with Gasteiger partial charge in [0.1, 0.15) is 12.1 Å². The number of aryl methyl sites for hydroxylation is 1. The summed E-state index contributed by atoms with van der Waals surface area (Å²) in [7, 11) is 0. The van der Waals surface area contributed by atoms with E-state index in [0.717, 1.165) is 37.8 Å². The number of rotatable bonds is 3. The van der Waals surface area contributed by atoms with Crippen LogP contribution in [0.15, 0.2) is 24.9 Å². The molecule has 2 unspecified atom stereocenters. The fourth-order valence-corrected chi connectivity index (χ4v) is 4.29. The molecule has 1 aliphatic carbocycles. The standard InChI is InChI=1S/C18H22N6/c1-12-6-19-11-22-17(12)23-7-14-9-24(10-15(14)8-23)18-16(13-2-3-13)20-4-5-21-18/h4-6,11,13-15H,2-3,7-10H2,1H3. The second kappa shape index (κ2) is 5.40. The summed E-state index contributed by atoms with van der Waals surface area (Å²) in [6.45, 7) is 6.43. The van der Waals surface area contributed by atoms with Crippen molar-refractivity contribution in [3.05, 3.63) is 36.2 Å². The molecule has 0 amide bonds. The Kier molecular flexibility index (Phi) is 3.18. The summed E-state index contributed by atoms with van der Waals surface area (Å²) < 4.78 is 0. The van der Waals surface area contributed by atoms with Crippen LogP contribution in [0.4, 0.5) is 11.6 Å². The molecular weight excluding hydrogens is 300 g/mol. The maximum absolute atomic E-state index is 4.67. The van der Waals surface area contributed by atoms with Crippen LogP contribution in [0.25, 0.3) is 0 Å². The van der Waals surface area contributed by atoms with Gasteiger partial charge in [-0.3, -0.25) is 4.98 Å². The molecule has 6 nitrogen and oxygen atoms in total. The van der Waals surface area contributed by atoms with E-state index >= 15 is 0 Å². The Morgan fingerprint density at radius 2 is 1.54 bits per heavy atom. The van der Waals surface area contributed by atoms with Crippen molar-refractivity contribution in [3.8, 4) is 0 Å². The Balaban J connectivity index is 1.33. The summed E-state index contributed by atoms with van der Waals surface area (Å²) in [5.41, 5.74) is 2.39. The Hall–Kier alpha value is -2.24. The fourth-order valence-electron chi connectivity index (χ4n) is 4.29. The van der Waals surface area contributed by atoms with Gasteiger partial charge in [0.25, 0.3) is 0 Å². The van der Waals surface area contributed by atoms with Gasteiger partial charge in [0.2, 0.25) is 0 Å². The van der Waals surface area contributed by atoms with Crippen LogP contribution in [0.1, 0.15) is 30.0 Å². The van der Waals surface area contributed by atoms with Gasteiger partial charge in [-0.25, -0.2) is 15.0 Å². The lowest BCUT2D eigenvalue weighted by molar-refractivity contribution is 0.533. The summed E-state index contributed by atoms with van der Waals surface area (Å²) in [4.78, 5) is 22.8. The van der Waals surface area contributed by atoms with Gasteiger partial charge < -0.3 is 9.80 Å². The van der Waals surface area contributed by atoms with Crippen LogP contribution < -0.4 is 9.80 Å².